The van der Waals surface area contributed by atoms with Gasteiger partial charge in [-0.1, -0.05) is 26.8 Å². The van der Waals surface area contributed by atoms with E-state index in [2.05, 4.69) is 36.1 Å². The maximum Gasteiger partial charge on any atom is 0.220 e. The van der Waals surface area contributed by atoms with Crippen molar-refractivity contribution in [2.75, 3.05) is 0 Å². The maximum atomic E-state index is 11.9. The molecule has 0 aliphatic rings. The first-order valence-electron chi connectivity index (χ1n) is 7.49. The van der Waals surface area contributed by atoms with Crippen LogP contribution in [0.4, 0.5) is 0 Å². The molecule has 2 heterocycles. The molecule has 0 fully saturated rings. The van der Waals surface area contributed by atoms with Crippen LogP contribution in [-0.4, -0.2) is 15.9 Å². The fourth-order valence-electron chi connectivity index (χ4n) is 1.99. The van der Waals surface area contributed by atoms with Gasteiger partial charge in [0.25, 0.3) is 0 Å². The van der Waals surface area contributed by atoms with Crippen molar-refractivity contribution in [1.82, 2.24) is 15.3 Å². The van der Waals surface area contributed by atoms with Crippen LogP contribution in [0.3, 0.4) is 0 Å². The third-order valence-electron chi connectivity index (χ3n) is 3.31. The van der Waals surface area contributed by atoms with E-state index >= 15 is 0 Å². The largest absolute Gasteiger partial charge is 0.445 e. The van der Waals surface area contributed by atoms with Crippen LogP contribution in [0.2, 0.25) is 0 Å². The Hall–Kier alpha value is -2.17. The van der Waals surface area contributed by atoms with E-state index in [4.69, 9.17) is 4.42 Å². The molecule has 0 radical (unpaired) electrons. The minimum atomic E-state index is -0.121. The molecule has 5 nitrogen and oxygen atoms in total. The summed E-state index contributed by atoms with van der Waals surface area (Å²) in [6, 6.07) is 5.64. The summed E-state index contributed by atoms with van der Waals surface area (Å²) in [5.41, 5.74) is 1.59. The van der Waals surface area contributed by atoms with Crippen LogP contribution in [0.5, 0.6) is 0 Å². The molecule has 0 unspecified atom stereocenters. The fraction of sp³-hybridized carbons (Fsp3) is 0.471. The van der Waals surface area contributed by atoms with Crippen LogP contribution in [0.1, 0.15) is 50.2 Å². The third kappa shape index (κ3) is 4.41. The van der Waals surface area contributed by atoms with Crippen molar-refractivity contribution < 1.29 is 9.21 Å². The van der Waals surface area contributed by atoms with Gasteiger partial charge in [-0.15, -0.1) is 0 Å². The first-order chi connectivity index (χ1) is 10.4. The van der Waals surface area contributed by atoms with Crippen LogP contribution in [0.15, 0.2) is 28.8 Å². The second kappa shape index (κ2) is 6.73. The molecule has 0 atom stereocenters. The first-order valence-corrected chi connectivity index (χ1v) is 7.49. The predicted octanol–water partition coefficient (Wildman–Crippen LogP) is 2.92. The van der Waals surface area contributed by atoms with E-state index < -0.39 is 0 Å². The summed E-state index contributed by atoms with van der Waals surface area (Å²) >= 11 is 0. The van der Waals surface area contributed by atoms with Crippen molar-refractivity contribution in [2.24, 2.45) is 0 Å². The highest BCUT2D eigenvalue weighted by molar-refractivity contribution is 5.76. The highest BCUT2D eigenvalue weighted by atomic mass is 16.4. The molecule has 2 rings (SSSR count). The first kappa shape index (κ1) is 16.2. The van der Waals surface area contributed by atoms with Gasteiger partial charge in [0.2, 0.25) is 5.91 Å². The molecule has 0 bridgehead atoms. The molecule has 0 saturated heterocycles. The Morgan fingerprint density at radius 1 is 1.32 bits per heavy atom. The smallest absolute Gasteiger partial charge is 0.220 e. The molecule has 1 N–H and O–H groups in total. The number of pyridine rings is 1. The molecule has 0 aliphatic heterocycles. The molecule has 0 aromatic carbocycles. The topological polar surface area (TPSA) is 68.0 Å². The van der Waals surface area contributed by atoms with E-state index in [1.54, 1.807) is 6.20 Å². The summed E-state index contributed by atoms with van der Waals surface area (Å²) in [4.78, 5) is 20.5. The molecular weight excluding hydrogens is 278 g/mol. The molecule has 1 amide bonds. The van der Waals surface area contributed by atoms with Gasteiger partial charge in [0.1, 0.15) is 5.76 Å². The van der Waals surface area contributed by atoms with Crippen LogP contribution in [0, 0.1) is 6.92 Å². The number of aryl methyl sites for hydroxylation is 2. The lowest BCUT2D eigenvalue weighted by Crippen LogP contribution is -2.23. The molecule has 2 aromatic rings. The molecule has 0 saturated carbocycles. The van der Waals surface area contributed by atoms with Crippen molar-refractivity contribution in [3.63, 3.8) is 0 Å². The van der Waals surface area contributed by atoms with Crippen LogP contribution in [0.25, 0.3) is 0 Å². The van der Waals surface area contributed by atoms with Gasteiger partial charge in [0.05, 0.1) is 17.9 Å². The second-order valence-electron chi connectivity index (χ2n) is 6.38. The van der Waals surface area contributed by atoms with Gasteiger partial charge in [0.15, 0.2) is 5.89 Å². The number of carbonyl (C=O) groups is 1. The number of nitrogens with one attached hydrogen (secondary N) is 1. The molecule has 0 aliphatic carbocycles. The van der Waals surface area contributed by atoms with Gasteiger partial charge in [-0.25, -0.2) is 4.98 Å². The summed E-state index contributed by atoms with van der Waals surface area (Å²) in [5, 5.41) is 2.86. The van der Waals surface area contributed by atoms with E-state index in [-0.39, 0.29) is 11.3 Å². The van der Waals surface area contributed by atoms with E-state index in [0.29, 0.717) is 25.3 Å². The van der Waals surface area contributed by atoms with Crippen molar-refractivity contribution >= 4 is 5.91 Å². The Morgan fingerprint density at radius 3 is 2.68 bits per heavy atom. The van der Waals surface area contributed by atoms with Gasteiger partial charge in [-0.05, 0) is 19.1 Å². The third-order valence-corrected chi connectivity index (χ3v) is 3.31. The van der Waals surface area contributed by atoms with E-state index in [9.17, 15) is 4.79 Å². The number of aromatic nitrogens is 2. The Labute approximate surface area is 131 Å². The average molecular weight is 301 g/mol. The lowest BCUT2D eigenvalue weighted by molar-refractivity contribution is -0.121. The summed E-state index contributed by atoms with van der Waals surface area (Å²) in [5.74, 6) is 1.49. The van der Waals surface area contributed by atoms with Crippen molar-refractivity contribution in [3.8, 4) is 0 Å². The summed E-state index contributed by atoms with van der Waals surface area (Å²) < 4.78 is 5.79. The molecule has 118 valence electrons. The highest BCUT2D eigenvalue weighted by Gasteiger charge is 2.22. The van der Waals surface area contributed by atoms with Crippen LogP contribution in [-0.2, 0) is 23.2 Å². The zero-order chi connectivity index (χ0) is 16.2. The molecular formula is C17H23N3O2. The Morgan fingerprint density at radius 2 is 2.09 bits per heavy atom. The summed E-state index contributed by atoms with van der Waals surface area (Å²) in [6.07, 6.45) is 2.66. The number of hydrogen-bond donors (Lipinski definition) is 1. The normalized spacial score (nSPS) is 11.5. The van der Waals surface area contributed by atoms with Gasteiger partial charge >= 0.3 is 0 Å². The number of carbonyl (C=O) groups excluding carboxylic acids is 1. The van der Waals surface area contributed by atoms with Crippen LogP contribution >= 0.6 is 0 Å². The van der Waals surface area contributed by atoms with Crippen molar-refractivity contribution in [3.05, 3.63) is 47.4 Å². The standard InChI is InChI=1S/C17H23N3O2/c1-12-14(22-16(20-12)17(2,3)4)8-9-15(21)19-11-13-7-5-6-10-18-13/h5-7,10H,8-9,11H2,1-4H3,(H,19,21). The maximum absolute atomic E-state index is 11.9. The quantitative estimate of drug-likeness (QED) is 0.922. The summed E-state index contributed by atoms with van der Waals surface area (Å²) in [7, 11) is 0. The minimum Gasteiger partial charge on any atom is -0.445 e. The number of amides is 1. The monoisotopic (exact) mass is 301 g/mol. The van der Waals surface area contributed by atoms with Crippen molar-refractivity contribution in [2.45, 2.75) is 52.5 Å². The zero-order valence-corrected chi connectivity index (χ0v) is 13.6. The molecule has 22 heavy (non-hydrogen) atoms. The van der Waals surface area contributed by atoms with Gasteiger partial charge in [-0.3, -0.25) is 9.78 Å². The zero-order valence-electron chi connectivity index (χ0n) is 13.6. The number of nitrogens with zero attached hydrogens (tertiary/aromatic N) is 2. The van der Waals surface area contributed by atoms with E-state index in [1.165, 1.54) is 0 Å². The fourth-order valence-corrected chi connectivity index (χ4v) is 1.99. The Bertz CT molecular complexity index is 627. The number of oxazole rings is 1. The Balaban J connectivity index is 1.85. The minimum absolute atomic E-state index is 0.0150. The lowest BCUT2D eigenvalue weighted by atomic mass is 9.97. The van der Waals surface area contributed by atoms with Gasteiger partial charge < -0.3 is 9.73 Å². The molecule has 2 aromatic heterocycles. The number of rotatable bonds is 5. The van der Waals surface area contributed by atoms with Gasteiger partial charge in [0, 0.05) is 24.5 Å². The van der Waals surface area contributed by atoms with Gasteiger partial charge in [-0.2, -0.15) is 0 Å². The summed E-state index contributed by atoms with van der Waals surface area (Å²) in [6.45, 7) is 8.53. The number of hydrogen-bond acceptors (Lipinski definition) is 4. The lowest BCUT2D eigenvalue weighted by Gasteiger charge is -2.12. The molecule has 0 spiro atoms. The highest BCUT2D eigenvalue weighted by Crippen LogP contribution is 2.24. The van der Waals surface area contributed by atoms with E-state index in [0.717, 1.165) is 17.1 Å². The van der Waals surface area contributed by atoms with Crippen LogP contribution < -0.4 is 5.32 Å². The SMILES string of the molecule is Cc1nc(C(C)(C)C)oc1CCC(=O)NCc1ccccn1. The average Bonchev–Trinajstić information content (AvgIpc) is 2.85. The predicted molar refractivity (Wildman–Crippen MR) is 84.3 cm³/mol. The molecule has 5 heteroatoms. The second-order valence-corrected chi connectivity index (χ2v) is 6.38. The Kier molecular flexibility index (Phi) is 4.96. The van der Waals surface area contributed by atoms with E-state index in [1.807, 2.05) is 25.1 Å². The van der Waals surface area contributed by atoms with Crippen molar-refractivity contribution in [1.29, 1.82) is 0 Å².